The summed E-state index contributed by atoms with van der Waals surface area (Å²) in [5.41, 5.74) is 18.6. The maximum atomic E-state index is 2.46. The average molecular weight is 668 g/mol. The first-order valence-corrected chi connectivity index (χ1v) is 18.3. The molecule has 0 aliphatic heterocycles. The molecule has 1 aliphatic carbocycles. The van der Waals surface area contributed by atoms with E-state index in [4.69, 9.17) is 0 Å². The van der Waals surface area contributed by atoms with E-state index in [1.54, 1.807) is 0 Å². The van der Waals surface area contributed by atoms with Gasteiger partial charge in [0, 0.05) is 22.5 Å². The van der Waals surface area contributed by atoms with Crippen LogP contribution in [0, 0.1) is 20.8 Å². The Balaban J connectivity index is 1.26. The number of benzene rings is 8. The molecule has 0 spiro atoms. The maximum Gasteiger partial charge on any atom is 0.0465 e. The van der Waals surface area contributed by atoms with Crippen LogP contribution in [-0.2, 0) is 5.41 Å². The molecular formula is C51H41N. The van der Waals surface area contributed by atoms with Crippen molar-refractivity contribution in [2.45, 2.75) is 33.1 Å². The average Bonchev–Trinajstić information content (AvgIpc) is 3.44. The van der Waals surface area contributed by atoms with Gasteiger partial charge in [-0.3, -0.25) is 0 Å². The third kappa shape index (κ3) is 5.08. The molecule has 1 unspecified atom stereocenters. The summed E-state index contributed by atoms with van der Waals surface area (Å²) in [5, 5.41) is 2.64. The molecule has 0 radical (unpaired) electrons. The second kappa shape index (κ2) is 12.5. The first kappa shape index (κ1) is 31.8. The van der Waals surface area contributed by atoms with Crippen LogP contribution in [0.5, 0.6) is 0 Å². The lowest BCUT2D eigenvalue weighted by atomic mass is 9.73. The maximum absolute atomic E-state index is 2.46. The second-order valence-electron chi connectivity index (χ2n) is 14.4. The summed E-state index contributed by atoms with van der Waals surface area (Å²) in [4.78, 5) is 2.43. The zero-order valence-corrected chi connectivity index (χ0v) is 30.2. The minimum atomic E-state index is -0.329. The Morgan fingerprint density at radius 2 is 0.942 bits per heavy atom. The van der Waals surface area contributed by atoms with Crippen LogP contribution in [0.1, 0.15) is 40.3 Å². The minimum absolute atomic E-state index is 0.329. The fourth-order valence-corrected chi connectivity index (χ4v) is 8.62. The smallest absolute Gasteiger partial charge is 0.0465 e. The molecule has 1 atom stereocenters. The Morgan fingerprint density at radius 3 is 1.65 bits per heavy atom. The van der Waals surface area contributed by atoms with E-state index in [1.165, 1.54) is 77.5 Å². The van der Waals surface area contributed by atoms with E-state index < -0.39 is 0 Å². The third-order valence-electron chi connectivity index (χ3n) is 11.3. The van der Waals surface area contributed by atoms with E-state index in [0.717, 1.165) is 17.1 Å². The van der Waals surface area contributed by atoms with E-state index in [0.29, 0.717) is 0 Å². The molecule has 9 rings (SSSR count). The van der Waals surface area contributed by atoms with Crippen molar-refractivity contribution >= 4 is 27.8 Å². The Hall–Kier alpha value is -6.18. The number of nitrogens with zero attached hydrogens (tertiary/aromatic N) is 1. The lowest BCUT2D eigenvalue weighted by Crippen LogP contribution is -2.23. The molecular weight excluding hydrogens is 627 g/mol. The fraction of sp³-hybridized carbons (Fsp3) is 0.0980. The van der Waals surface area contributed by atoms with Gasteiger partial charge in [-0.1, -0.05) is 140 Å². The van der Waals surface area contributed by atoms with Crippen molar-refractivity contribution in [2.75, 3.05) is 4.90 Å². The molecule has 0 heterocycles. The first-order chi connectivity index (χ1) is 25.4. The van der Waals surface area contributed by atoms with Gasteiger partial charge in [-0.25, -0.2) is 0 Å². The van der Waals surface area contributed by atoms with Gasteiger partial charge in [0.2, 0.25) is 0 Å². The zero-order valence-electron chi connectivity index (χ0n) is 30.2. The van der Waals surface area contributed by atoms with Gasteiger partial charge >= 0.3 is 0 Å². The van der Waals surface area contributed by atoms with Crippen molar-refractivity contribution < 1.29 is 0 Å². The van der Waals surface area contributed by atoms with Gasteiger partial charge in [0.05, 0.1) is 0 Å². The highest BCUT2D eigenvalue weighted by Gasteiger charge is 2.42. The summed E-state index contributed by atoms with van der Waals surface area (Å²) >= 11 is 0. The topological polar surface area (TPSA) is 3.24 Å². The SMILES string of the molecule is Cc1ccccc1-c1ccc(N(c2ccc(-c3ccccc3)cc2)c2ccc3c(c2)C(C)(c2ccccc2)c2cc(C)c4ccccc4c2-3)cc1C. The predicted molar refractivity (Wildman–Crippen MR) is 221 cm³/mol. The molecule has 8 aromatic rings. The Labute approximate surface area is 307 Å². The number of rotatable bonds is 6. The van der Waals surface area contributed by atoms with Crippen LogP contribution >= 0.6 is 0 Å². The van der Waals surface area contributed by atoms with Crippen LogP contribution in [0.2, 0.25) is 0 Å². The van der Waals surface area contributed by atoms with E-state index in [-0.39, 0.29) is 5.41 Å². The molecule has 8 aromatic carbocycles. The highest BCUT2D eigenvalue weighted by Crippen LogP contribution is 2.56. The molecule has 0 bridgehead atoms. The van der Waals surface area contributed by atoms with Gasteiger partial charge in [-0.2, -0.15) is 0 Å². The molecule has 0 saturated carbocycles. The number of aryl methyl sites for hydroxylation is 3. The largest absolute Gasteiger partial charge is 0.310 e. The van der Waals surface area contributed by atoms with E-state index in [9.17, 15) is 0 Å². The molecule has 1 nitrogen and oxygen atoms in total. The Bertz CT molecular complexity index is 2600. The molecule has 0 saturated heterocycles. The van der Waals surface area contributed by atoms with Crippen molar-refractivity contribution in [1.82, 2.24) is 0 Å². The molecule has 250 valence electrons. The summed E-state index contributed by atoms with van der Waals surface area (Å²) in [6.45, 7) is 9.11. The molecule has 0 N–H and O–H groups in total. The first-order valence-electron chi connectivity index (χ1n) is 18.3. The summed E-state index contributed by atoms with van der Waals surface area (Å²) in [5.74, 6) is 0. The van der Waals surface area contributed by atoms with Crippen LogP contribution in [0.15, 0.2) is 176 Å². The third-order valence-corrected chi connectivity index (χ3v) is 11.3. The molecule has 0 aromatic heterocycles. The number of anilines is 3. The van der Waals surface area contributed by atoms with Gasteiger partial charge in [0.25, 0.3) is 0 Å². The molecule has 0 amide bonds. The standard InChI is InChI=1S/C51H41N/c1-34-15-11-12-20-43(34)45-29-27-41(31-35(45)2)52(40-25-23-38(24-26-40)37-16-7-5-8-17-37)42-28-30-47-48(33-42)51(4,39-18-9-6-10-19-39)49-32-36(3)44-21-13-14-22-46(44)50(47)49/h5-33H,1-4H3. The van der Waals surface area contributed by atoms with E-state index >= 15 is 0 Å². The fourth-order valence-electron chi connectivity index (χ4n) is 8.62. The summed E-state index contributed by atoms with van der Waals surface area (Å²) in [6.07, 6.45) is 0. The van der Waals surface area contributed by atoms with Crippen LogP contribution in [0.4, 0.5) is 17.1 Å². The van der Waals surface area contributed by atoms with Gasteiger partial charge in [0.1, 0.15) is 0 Å². The van der Waals surface area contributed by atoms with E-state index in [1.807, 2.05) is 0 Å². The van der Waals surface area contributed by atoms with E-state index in [2.05, 4.69) is 209 Å². The second-order valence-corrected chi connectivity index (χ2v) is 14.4. The lowest BCUT2D eigenvalue weighted by molar-refractivity contribution is 0.714. The number of fused-ring (bicyclic) bond motifs is 5. The van der Waals surface area contributed by atoms with Crippen molar-refractivity contribution in [3.8, 4) is 33.4 Å². The van der Waals surface area contributed by atoms with Crippen molar-refractivity contribution in [3.05, 3.63) is 209 Å². The normalized spacial score (nSPS) is 14.6. The Morgan fingerprint density at radius 1 is 0.385 bits per heavy atom. The predicted octanol–water partition coefficient (Wildman–Crippen LogP) is 13.9. The molecule has 1 aliphatic rings. The van der Waals surface area contributed by atoms with Crippen LogP contribution in [0.25, 0.3) is 44.2 Å². The van der Waals surface area contributed by atoms with Crippen LogP contribution < -0.4 is 4.90 Å². The minimum Gasteiger partial charge on any atom is -0.310 e. The van der Waals surface area contributed by atoms with Gasteiger partial charge < -0.3 is 4.90 Å². The number of hydrogen-bond donors (Lipinski definition) is 0. The van der Waals surface area contributed by atoms with Crippen molar-refractivity contribution in [2.24, 2.45) is 0 Å². The highest BCUT2D eigenvalue weighted by molar-refractivity contribution is 6.05. The number of hydrogen-bond acceptors (Lipinski definition) is 1. The molecule has 0 fully saturated rings. The quantitative estimate of drug-likeness (QED) is 0.171. The van der Waals surface area contributed by atoms with Crippen molar-refractivity contribution in [1.29, 1.82) is 0 Å². The van der Waals surface area contributed by atoms with Crippen LogP contribution in [0.3, 0.4) is 0 Å². The molecule has 52 heavy (non-hydrogen) atoms. The molecule has 1 heteroatoms. The summed E-state index contributed by atoms with van der Waals surface area (Å²) < 4.78 is 0. The summed E-state index contributed by atoms with van der Waals surface area (Å²) in [6, 6.07) is 64.8. The zero-order chi connectivity index (χ0) is 35.4. The monoisotopic (exact) mass is 667 g/mol. The van der Waals surface area contributed by atoms with Gasteiger partial charge in [-0.15, -0.1) is 0 Å². The highest BCUT2D eigenvalue weighted by atomic mass is 15.1. The van der Waals surface area contributed by atoms with Gasteiger partial charge in [-0.05, 0) is 142 Å². The Kier molecular flexibility index (Phi) is 7.67. The van der Waals surface area contributed by atoms with Crippen LogP contribution in [-0.4, -0.2) is 0 Å². The van der Waals surface area contributed by atoms with Crippen molar-refractivity contribution in [3.63, 3.8) is 0 Å². The van der Waals surface area contributed by atoms with Gasteiger partial charge in [0.15, 0.2) is 0 Å². The summed E-state index contributed by atoms with van der Waals surface area (Å²) in [7, 11) is 0. The lowest BCUT2D eigenvalue weighted by Gasteiger charge is -2.31.